The van der Waals surface area contributed by atoms with Crippen molar-refractivity contribution in [3.05, 3.63) is 0 Å². The lowest BCUT2D eigenvalue weighted by atomic mass is 10.1. The second-order valence-corrected chi connectivity index (χ2v) is 6.79. The van der Waals surface area contributed by atoms with E-state index in [2.05, 4.69) is 5.32 Å². The first-order chi connectivity index (χ1) is 10.1. The van der Waals surface area contributed by atoms with Gasteiger partial charge in [0.25, 0.3) is 0 Å². The topological polar surface area (TPSA) is 41.6 Å². The Morgan fingerprint density at radius 1 is 1.27 bits per heavy atom. The third kappa shape index (κ3) is 8.46. The summed E-state index contributed by atoms with van der Waals surface area (Å²) in [4.78, 5) is 13.7. The van der Waals surface area contributed by atoms with Crippen molar-refractivity contribution >= 4 is 6.09 Å². The van der Waals surface area contributed by atoms with E-state index in [0.717, 1.165) is 12.8 Å². The Hall–Kier alpha value is -0.980. The van der Waals surface area contributed by atoms with Crippen molar-refractivity contribution in [3.8, 4) is 0 Å². The van der Waals surface area contributed by atoms with Gasteiger partial charge in [-0.1, -0.05) is 0 Å². The Bertz CT molecular complexity index is 354. The van der Waals surface area contributed by atoms with Gasteiger partial charge >= 0.3 is 12.3 Å². The Morgan fingerprint density at radius 3 is 2.55 bits per heavy atom. The van der Waals surface area contributed by atoms with Crippen LogP contribution in [0.25, 0.3) is 0 Å². The van der Waals surface area contributed by atoms with E-state index >= 15 is 0 Å². The molecule has 1 aliphatic heterocycles. The minimum Gasteiger partial charge on any atom is -0.444 e. The van der Waals surface area contributed by atoms with Crippen molar-refractivity contribution in [2.45, 2.75) is 70.7 Å². The number of carbonyl (C=O) groups excluding carboxylic acids is 1. The summed E-state index contributed by atoms with van der Waals surface area (Å²) in [5, 5.41) is 3.24. The molecular weight excluding hydrogens is 297 g/mol. The van der Waals surface area contributed by atoms with Gasteiger partial charge < -0.3 is 15.0 Å². The van der Waals surface area contributed by atoms with Crippen molar-refractivity contribution < 1.29 is 22.7 Å². The van der Waals surface area contributed by atoms with Gasteiger partial charge in [-0.2, -0.15) is 13.2 Å². The molecule has 1 saturated heterocycles. The first kappa shape index (κ1) is 19.1. The monoisotopic (exact) mass is 324 g/mol. The molecule has 1 rings (SSSR count). The van der Waals surface area contributed by atoms with Crippen LogP contribution in [0.5, 0.6) is 0 Å². The number of unbranched alkanes of at least 4 members (excludes halogenated alkanes) is 1. The van der Waals surface area contributed by atoms with Crippen LogP contribution in [0.2, 0.25) is 0 Å². The minimum absolute atomic E-state index is 0.132. The first-order valence-corrected chi connectivity index (χ1v) is 7.85. The third-order valence-corrected chi connectivity index (χ3v) is 3.39. The van der Waals surface area contributed by atoms with Crippen LogP contribution in [0.15, 0.2) is 0 Å². The predicted molar refractivity (Wildman–Crippen MR) is 78.7 cm³/mol. The van der Waals surface area contributed by atoms with Crippen LogP contribution in [-0.2, 0) is 4.74 Å². The van der Waals surface area contributed by atoms with Crippen molar-refractivity contribution in [1.82, 2.24) is 10.2 Å². The smallest absolute Gasteiger partial charge is 0.410 e. The number of rotatable bonds is 5. The molecule has 1 heterocycles. The van der Waals surface area contributed by atoms with Crippen LogP contribution >= 0.6 is 0 Å². The maximum Gasteiger partial charge on any atom is 0.410 e. The van der Waals surface area contributed by atoms with Gasteiger partial charge in [-0.25, -0.2) is 4.79 Å². The number of amides is 1. The summed E-state index contributed by atoms with van der Waals surface area (Å²) < 4.78 is 41.4. The van der Waals surface area contributed by atoms with Gasteiger partial charge in [0.2, 0.25) is 0 Å². The van der Waals surface area contributed by atoms with Crippen molar-refractivity contribution in [2.24, 2.45) is 0 Å². The molecule has 7 heteroatoms. The molecule has 0 aromatic rings. The van der Waals surface area contributed by atoms with E-state index in [1.807, 2.05) is 20.8 Å². The first-order valence-electron chi connectivity index (χ1n) is 7.85. The lowest BCUT2D eigenvalue weighted by Gasteiger charge is -2.34. The zero-order chi connectivity index (χ0) is 16.8. The summed E-state index contributed by atoms with van der Waals surface area (Å²) in [5.74, 6) is 0. The lowest BCUT2D eigenvalue weighted by molar-refractivity contribution is -0.135. The molecule has 1 aliphatic rings. The Labute approximate surface area is 130 Å². The third-order valence-electron chi connectivity index (χ3n) is 3.39. The fourth-order valence-electron chi connectivity index (χ4n) is 2.39. The van der Waals surface area contributed by atoms with E-state index < -0.39 is 18.2 Å². The molecule has 0 aromatic carbocycles. The van der Waals surface area contributed by atoms with Crippen LogP contribution in [0.3, 0.4) is 0 Å². The number of carbonyl (C=O) groups is 1. The van der Waals surface area contributed by atoms with Crippen molar-refractivity contribution in [1.29, 1.82) is 0 Å². The molecule has 0 bridgehead atoms. The second kappa shape index (κ2) is 8.04. The molecule has 0 saturated carbocycles. The van der Waals surface area contributed by atoms with E-state index in [1.165, 1.54) is 0 Å². The molecule has 1 unspecified atom stereocenters. The molecule has 130 valence electrons. The maximum absolute atomic E-state index is 12.0. The predicted octanol–water partition coefficient (Wildman–Crippen LogP) is 3.71. The molecule has 22 heavy (non-hydrogen) atoms. The number of hydrogen-bond donors (Lipinski definition) is 1. The molecule has 0 aliphatic carbocycles. The Morgan fingerprint density at radius 2 is 1.95 bits per heavy atom. The molecule has 4 nitrogen and oxygen atoms in total. The van der Waals surface area contributed by atoms with Crippen LogP contribution in [0, 0.1) is 0 Å². The molecular formula is C15H27F3N2O2. The summed E-state index contributed by atoms with van der Waals surface area (Å²) in [6.45, 7) is 7.24. The number of hydrogen-bond acceptors (Lipinski definition) is 3. The van der Waals surface area contributed by atoms with E-state index in [4.69, 9.17) is 4.74 Å². The zero-order valence-electron chi connectivity index (χ0n) is 13.6. The molecule has 1 N–H and O–H groups in total. The fraction of sp³-hybridized carbons (Fsp3) is 0.933. The number of likely N-dealkylation sites (tertiary alicyclic amines) is 1. The van der Waals surface area contributed by atoms with Gasteiger partial charge in [0.15, 0.2) is 0 Å². The van der Waals surface area contributed by atoms with Crippen molar-refractivity contribution in [3.63, 3.8) is 0 Å². The van der Waals surface area contributed by atoms with Gasteiger partial charge in [-0.05, 0) is 53.0 Å². The summed E-state index contributed by atoms with van der Waals surface area (Å²) in [5.41, 5.74) is -0.519. The maximum atomic E-state index is 12.0. The molecule has 1 atom stereocenters. The van der Waals surface area contributed by atoms with E-state index in [0.29, 0.717) is 26.1 Å². The van der Waals surface area contributed by atoms with Crippen LogP contribution in [-0.4, -0.2) is 48.4 Å². The molecule has 0 radical (unpaired) electrons. The van der Waals surface area contributed by atoms with Crippen LogP contribution < -0.4 is 5.32 Å². The van der Waals surface area contributed by atoms with Gasteiger partial charge in [0.1, 0.15) is 5.60 Å². The van der Waals surface area contributed by atoms with Crippen LogP contribution in [0.4, 0.5) is 18.0 Å². The highest BCUT2D eigenvalue weighted by Gasteiger charge is 2.28. The minimum atomic E-state index is -4.07. The number of halogens is 3. The summed E-state index contributed by atoms with van der Waals surface area (Å²) in [7, 11) is 0. The normalized spacial score (nSPS) is 20.1. The average Bonchev–Trinajstić information content (AvgIpc) is 2.35. The Kier molecular flexibility index (Phi) is 6.97. The zero-order valence-corrected chi connectivity index (χ0v) is 13.6. The lowest BCUT2D eigenvalue weighted by Crippen LogP contribution is -2.49. The van der Waals surface area contributed by atoms with E-state index in [1.54, 1.807) is 4.90 Å². The van der Waals surface area contributed by atoms with Gasteiger partial charge in [0, 0.05) is 25.6 Å². The molecule has 1 amide bonds. The fourth-order valence-corrected chi connectivity index (χ4v) is 2.39. The quantitative estimate of drug-likeness (QED) is 0.784. The van der Waals surface area contributed by atoms with E-state index in [-0.39, 0.29) is 18.6 Å². The second-order valence-electron chi connectivity index (χ2n) is 6.79. The average molecular weight is 324 g/mol. The Balaban J connectivity index is 2.24. The van der Waals surface area contributed by atoms with Gasteiger partial charge in [-0.15, -0.1) is 0 Å². The standard InChI is InChI=1S/C15H27F3N2O2/c1-14(2,3)22-13(21)20-10-6-7-12(11-20)19-9-5-4-8-15(16,17)18/h12,19H,4-11H2,1-3H3. The molecule has 0 spiro atoms. The number of alkyl halides is 3. The molecule has 1 fully saturated rings. The summed E-state index contributed by atoms with van der Waals surface area (Å²) >= 11 is 0. The van der Waals surface area contributed by atoms with Crippen LogP contribution in [0.1, 0.15) is 52.9 Å². The number of nitrogens with zero attached hydrogens (tertiary/aromatic N) is 1. The SMILES string of the molecule is CC(C)(C)OC(=O)N1CCCC(NCCCCC(F)(F)F)C1. The van der Waals surface area contributed by atoms with Gasteiger partial charge in [-0.3, -0.25) is 0 Å². The summed E-state index contributed by atoms with van der Waals surface area (Å²) in [6.07, 6.45) is -2.70. The number of nitrogens with one attached hydrogen (secondary N) is 1. The highest BCUT2D eigenvalue weighted by molar-refractivity contribution is 5.68. The van der Waals surface area contributed by atoms with E-state index in [9.17, 15) is 18.0 Å². The summed E-state index contributed by atoms with van der Waals surface area (Å²) in [6, 6.07) is 0.132. The highest BCUT2D eigenvalue weighted by Crippen LogP contribution is 2.22. The molecule has 0 aromatic heterocycles. The number of piperidine rings is 1. The van der Waals surface area contributed by atoms with Gasteiger partial charge in [0.05, 0.1) is 0 Å². The largest absolute Gasteiger partial charge is 0.444 e. The number of ether oxygens (including phenoxy) is 1. The van der Waals surface area contributed by atoms with Crippen molar-refractivity contribution in [2.75, 3.05) is 19.6 Å². The highest BCUT2D eigenvalue weighted by atomic mass is 19.4.